The summed E-state index contributed by atoms with van der Waals surface area (Å²) in [4.78, 5) is 4.57. The van der Waals surface area contributed by atoms with Crippen LogP contribution in [-0.4, -0.2) is 62.4 Å². The van der Waals surface area contributed by atoms with E-state index in [0.717, 1.165) is 49.5 Å². The molecule has 1 fully saturated rings. The maximum absolute atomic E-state index is 6.32. The molecule has 0 amide bonds. The largest absolute Gasteiger partial charge is 0.493 e. The molecule has 0 aliphatic carbocycles. The summed E-state index contributed by atoms with van der Waals surface area (Å²) in [6, 6.07) is 9.91. The summed E-state index contributed by atoms with van der Waals surface area (Å²) in [5.74, 6) is 1.96. The van der Waals surface area contributed by atoms with Gasteiger partial charge in [-0.05, 0) is 54.5 Å². The van der Waals surface area contributed by atoms with Crippen LogP contribution in [0.4, 0.5) is 5.69 Å². The van der Waals surface area contributed by atoms with Crippen molar-refractivity contribution >= 4 is 34.6 Å². The first-order valence-corrected chi connectivity index (χ1v) is 10.6. The third-order valence-electron chi connectivity index (χ3n) is 5.16. The molecule has 30 heavy (non-hydrogen) atoms. The van der Waals surface area contributed by atoms with Crippen LogP contribution in [0.15, 0.2) is 30.3 Å². The summed E-state index contributed by atoms with van der Waals surface area (Å²) >= 11 is 11.9. The molecular weight excluding hydrogens is 422 g/mol. The monoisotopic (exact) mass is 449 g/mol. The normalized spacial score (nSPS) is 14.4. The Morgan fingerprint density at radius 3 is 2.17 bits per heavy atom. The summed E-state index contributed by atoms with van der Waals surface area (Å²) in [7, 11) is 4.88. The molecule has 0 atom stereocenters. The molecule has 0 unspecified atom stereocenters. The molecule has 1 aliphatic rings. The van der Waals surface area contributed by atoms with Gasteiger partial charge in [0, 0.05) is 32.7 Å². The summed E-state index contributed by atoms with van der Waals surface area (Å²) < 4.78 is 16.3. The predicted octanol–water partition coefficient (Wildman–Crippen LogP) is 4.19. The van der Waals surface area contributed by atoms with E-state index in [1.807, 2.05) is 37.3 Å². The predicted molar refractivity (Wildman–Crippen MR) is 125 cm³/mol. The summed E-state index contributed by atoms with van der Waals surface area (Å²) in [6.07, 6.45) is 0. The molecule has 0 bridgehead atoms. The zero-order valence-corrected chi connectivity index (χ0v) is 19.4. The van der Waals surface area contributed by atoms with Gasteiger partial charge >= 0.3 is 0 Å². The molecule has 1 saturated heterocycles. The van der Waals surface area contributed by atoms with Crippen molar-refractivity contribution in [2.45, 2.75) is 13.5 Å². The smallest absolute Gasteiger partial charge is 0.203 e. The maximum Gasteiger partial charge on any atom is 0.203 e. The van der Waals surface area contributed by atoms with E-state index in [4.69, 9.17) is 38.0 Å². The molecular formula is C22H28ClN3O3S. The summed E-state index contributed by atoms with van der Waals surface area (Å²) in [6.45, 7) is 6.31. The van der Waals surface area contributed by atoms with Crippen LogP contribution in [0.2, 0.25) is 5.02 Å². The minimum atomic E-state index is 0.611. The lowest BCUT2D eigenvalue weighted by atomic mass is 10.1. The fraction of sp³-hybridized carbons (Fsp3) is 0.409. The third kappa shape index (κ3) is 5.28. The zero-order chi connectivity index (χ0) is 21.7. The summed E-state index contributed by atoms with van der Waals surface area (Å²) in [5.41, 5.74) is 3.08. The number of hydrogen-bond donors (Lipinski definition) is 1. The number of anilines is 1. The molecule has 0 radical (unpaired) electrons. The fourth-order valence-electron chi connectivity index (χ4n) is 3.51. The molecule has 8 heteroatoms. The Balaban J connectivity index is 1.58. The standard InChI is InChI=1S/C22H28ClN3O3S/c1-15-5-6-18(17(23)11-15)24-22(30)26-9-7-25(8-10-26)14-16-12-19(27-2)21(29-4)20(13-16)28-3/h5-6,11-13H,7-10,14H2,1-4H3,(H,24,30). The van der Waals surface area contributed by atoms with Gasteiger partial charge in [0.25, 0.3) is 0 Å². The second-order valence-electron chi connectivity index (χ2n) is 7.21. The first kappa shape index (κ1) is 22.5. The van der Waals surface area contributed by atoms with Gasteiger partial charge in [-0.1, -0.05) is 17.7 Å². The van der Waals surface area contributed by atoms with Crippen molar-refractivity contribution in [3.05, 3.63) is 46.5 Å². The quantitative estimate of drug-likeness (QED) is 0.663. The van der Waals surface area contributed by atoms with Gasteiger partial charge in [-0.2, -0.15) is 0 Å². The van der Waals surface area contributed by atoms with Crippen molar-refractivity contribution in [2.24, 2.45) is 0 Å². The lowest BCUT2D eigenvalue weighted by Crippen LogP contribution is -2.49. The van der Waals surface area contributed by atoms with Crippen LogP contribution in [0.5, 0.6) is 17.2 Å². The van der Waals surface area contributed by atoms with Crippen molar-refractivity contribution in [1.29, 1.82) is 0 Å². The highest BCUT2D eigenvalue weighted by Gasteiger charge is 2.21. The number of hydrogen-bond acceptors (Lipinski definition) is 5. The highest BCUT2D eigenvalue weighted by molar-refractivity contribution is 7.80. The molecule has 0 spiro atoms. The molecule has 0 saturated carbocycles. The third-order valence-corrected chi connectivity index (χ3v) is 5.83. The van der Waals surface area contributed by atoms with E-state index >= 15 is 0 Å². The van der Waals surface area contributed by atoms with Crippen LogP contribution in [0, 0.1) is 6.92 Å². The van der Waals surface area contributed by atoms with Crippen molar-refractivity contribution in [3.63, 3.8) is 0 Å². The number of nitrogens with one attached hydrogen (secondary N) is 1. The van der Waals surface area contributed by atoms with Gasteiger partial charge in [0.1, 0.15) is 0 Å². The highest BCUT2D eigenvalue weighted by atomic mass is 35.5. The Hall–Kier alpha value is -2.22. The molecule has 1 N–H and O–H groups in total. The number of nitrogens with zero attached hydrogens (tertiary/aromatic N) is 2. The van der Waals surface area contributed by atoms with E-state index in [1.54, 1.807) is 21.3 Å². The lowest BCUT2D eigenvalue weighted by molar-refractivity contribution is 0.176. The van der Waals surface area contributed by atoms with E-state index in [2.05, 4.69) is 15.1 Å². The van der Waals surface area contributed by atoms with E-state index in [0.29, 0.717) is 27.4 Å². The highest BCUT2D eigenvalue weighted by Crippen LogP contribution is 2.38. The first-order valence-electron chi connectivity index (χ1n) is 9.78. The number of aryl methyl sites for hydroxylation is 1. The van der Waals surface area contributed by atoms with Crippen molar-refractivity contribution in [3.8, 4) is 17.2 Å². The van der Waals surface area contributed by atoms with Gasteiger partial charge in [-0.3, -0.25) is 4.90 Å². The minimum absolute atomic E-state index is 0.611. The number of piperazine rings is 1. The Morgan fingerprint density at radius 2 is 1.63 bits per heavy atom. The van der Waals surface area contributed by atoms with Gasteiger partial charge in [0.2, 0.25) is 5.75 Å². The maximum atomic E-state index is 6.32. The van der Waals surface area contributed by atoms with Gasteiger partial charge in [0.05, 0.1) is 32.0 Å². The van der Waals surface area contributed by atoms with Gasteiger partial charge in [-0.15, -0.1) is 0 Å². The first-order chi connectivity index (χ1) is 14.4. The average molecular weight is 450 g/mol. The van der Waals surface area contributed by atoms with Gasteiger partial charge in [0.15, 0.2) is 16.6 Å². The average Bonchev–Trinajstić information content (AvgIpc) is 2.75. The van der Waals surface area contributed by atoms with Crippen LogP contribution in [0.25, 0.3) is 0 Å². The molecule has 1 heterocycles. The second kappa shape index (κ2) is 10.2. The fourth-order valence-corrected chi connectivity index (χ4v) is 4.08. The number of halogens is 1. The van der Waals surface area contributed by atoms with Crippen molar-refractivity contribution in [1.82, 2.24) is 9.80 Å². The van der Waals surface area contributed by atoms with Crippen molar-refractivity contribution in [2.75, 3.05) is 52.8 Å². The van der Waals surface area contributed by atoms with Crippen LogP contribution < -0.4 is 19.5 Å². The molecule has 3 rings (SSSR count). The van der Waals surface area contributed by atoms with Gasteiger partial charge in [-0.25, -0.2) is 0 Å². The summed E-state index contributed by atoms with van der Waals surface area (Å²) in [5, 5.41) is 4.66. The van der Waals surface area contributed by atoms with Crippen LogP contribution in [0.1, 0.15) is 11.1 Å². The molecule has 1 aliphatic heterocycles. The number of thiocarbonyl (C=S) groups is 1. The molecule has 162 valence electrons. The number of rotatable bonds is 6. The Kier molecular flexibility index (Phi) is 7.64. The number of ether oxygens (including phenoxy) is 3. The van der Waals surface area contributed by atoms with E-state index in [-0.39, 0.29) is 0 Å². The molecule has 6 nitrogen and oxygen atoms in total. The lowest BCUT2D eigenvalue weighted by Gasteiger charge is -2.36. The second-order valence-corrected chi connectivity index (χ2v) is 8.00. The SMILES string of the molecule is COc1cc(CN2CCN(C(=S)Nc3ccc(C)cc3Cl)CC2)cc(OC)c1OC. The van der Waals surface area contributed by atoms with Crippen LogP contribution in [0.3, 0.4) is 0 Å². The number of benzene rings is 2. The topological polar surface area (TPSA) is 46.2 Å². The Labute approximate surface area is 188 Å². The van der Waals surface area contributed by atoms with Crippen LogP contribution >= 0.6 is 23.8 Å². The minimum Gasteiger partial charge on any atom is -0.493 e. The van der Waals surface area contributed by atoms with E-state index < -0.39 is 0 Å². The molecule has 2 aromatic rings. The number of methoxy groups -OCH3 is 3. The van der Waals surface area contributed by atoms with Gasteiger partial charge < -0.3 is 24.4 Å². The van der Waals surface area contributed by atoms with Crippen molar-refractivity contribution < 1.29 is 14.2 Å². The molecule has 0 aromatic heterocycles. The van der Waals surface area contributed by atoms with Crippen LogP contribution in [-0.2, 0) is 6.54 Å². The zero-order valence-electron chi connectivity index (χ0n) is 17.8. The Morgan fingerprint density at radius 1 is 1.00 bits per heavy atom. The molecule has 2 aromatic carbocycles. The van der Waals surface area contributed by atoms with E-state index in [1.165, 1.54) is 0 Å². The van der Waals surface area contributed by atoms with E-state index in [9.17, 15) is 0 Å². The Bertz CT molecular complexity index is 876.